The second-order valence-electron chi connectivity index (χ2n) is 1.40. The van der Waals surface area contributed by atoms with E-state index in [0.29, 0.717) is 13.2 Å². The van der Waals surface area contributed by atoms with Gasteiger partial charge in [0.25, 0.3) is 0 Å². The lowest BCUT2D eigenvalue weighted by atomic mass is 10.9. The SMILES string of the molecule is CCOP(=S)(S)OCC.O=[PH+]O. The standard InChI is InChI=1S/C4H11O2PS2.HO2P/c1-3-5-7(8,9)6-4-2;1-3-2/h3-4H2,1-2H3,(H,8,9);3H/p+1. The van der Waals surface area contributed by atoms with Gasteiger partial charge in [0, 0.05) is 0 Å². The molecule has 0 aromatic rings. The maximum absolute atomic E-state index is 8.51. The van der Waals surface area contributed by atoms with E-state index in [4.69, 9.17) is 30.3 Å². The number of rotatable bonds is 4. The minimum absolute atomic E-state index is 0.570. The Balaban J connectivity index is 0. The van der Waals surface area contributed by atoms with E-state index >= 15 is 0 Å². The van der Waals surface area contributed by atoms with Gasteiger partial charge in [-0.2, -0.15) is 4.89 Å². The minimum atomic E-state index is -2.16. The van der Waals surface area contributed by atoms with Gasteiger partial charge in [0.15, 0.2) is 0 Å². The van der Waals surface area contributed by atoms with Crippen LogP contribution in [0.15, 0.2) is 0 Å². The average molecular weight is 251 g/mol. The number of hydrogen-bond acceptors (Lipinski definition) is 4. The summed E-state index contributed by atoms with van der Waals surface area (Å²) in [4.78, 5) is 7.04. The van der Waals surface area contributed by atoms with Crippen LogP contribution in [0.1, 0.15) is 13.8 Å². The molecule has 0 aliphatic rings. The van der Waals surface area contributed by atoms with Crippen LogP contribution in [0.2, 0.25) is 0 Å². The zero-order valence-electron chi connectivity index (χ0n) is 6.89. The molecule has 0 fully saturated rings. The lowest BCUT2D eigenvalue weighted by Gasteiger charge is -2.13. The monoisotopic (exact) mass is 251 g/mol. The van der Waals surface area contributed by atoms with Crippen LogP contribution >= 0.6 is 26.6 Å². The third-order valence-corrected chi connectivity index (χ3v) is 3.08. The molecule has 0 aliphatic heterocycles. The van der Waals surface area contributed by atoms with Crippen molar-refractivity contribution >= 4 is 38.4 Å². The van der Waals surface area contributed by atoms with E-state index in [1.165, 1.54) is 0 Å². The van der Waals surface area contributed by atoms with Gasteiger partial charge in [-0.1, -0.05) is 12.2 Å². The molecule has 1 atom stereocenters. The quantitative estimate of drug-likeness (QED) is 0.592. The summed E-state index contributed by atoms with van der Waals surface area (Å²) >= 11 is 8.90. The van der Waals surface area contributed by atoms with Gasteiger partial charge in [-0.25, -0.2) is 0 Å². The first kappa shape index (κ1) is 15.5. The van der Waals surface area contributed by atoms with Gasteiger partial charge in [-0.3, -0.25) is 0 Å². The van der Waals surface area contributed by atoms with Crippen molar-refractivity contribution in [3.8, 4) is 0 Å². The van der Waals surface area contributed by atoms with Crippen molar-refractivity contribution in [1.82, 2.24) is 0 Å². The normalized spacial score (nSPS) is 10.7. The Morgan fingerprint density at radius 1 is 1.50 bits per heavy atom. The fourth-order valence-electron chi connectivity index (χ4n) is 0.364. The van der Waals surface area contributed by atoms with E-state index in [1.807, 2.05) is 13.8 Å². The zero-order chi connectivity index (χ0) is 10.0. The van der Waals surface area contributed by atoms with Gasteiger partial charge in [0.1, 0.15) is 0 Å². The molecule has 1 unspecified atom stereocenters. The average Bonchev–Trinajstić information content (AvgIpc) is 1.88. The molecule has 0 aliphatic carbocycles. The summed E-state index contributed by atoms with van der Waals surface area (Å²) in [7, 11) is -1.17. The minimum Gasteiger partial charge on any atom is -0.322 e. The summed E-state index contributed by atoms with van der Waals surface area (Å²) in [6.07, 6.45) is 0. The molecule has 1 N–H and O–H groups in total. The molecular weight excluding hydrogens is 238 g/mol. The molecule has 12 heavy (non-hydrogen) atoms. The third kappa shape index (κ3) is 13.6. The van der Waals surface area contributed by atoms with E-state index in [9.17, 15) is 0 Å². The van der Waals surface area contributed by atoms with Crippen molar-refractivity contribution in [2.75, 3.05) is 13.2 Å². The van der Waals surface area contributed by atoms with Crippen molar-refractivity contribution in [2.45, 2.75) is 13.8 Å². The first-order valence-electron chi connectivity index (χ1n) is 3.17. The Labute approximate surface area is 84.3 Å². The summed E-state index contributed by atoms with van der Waals surface area (Å²) in [6, 6.07) is 0. The lowest BCUT2D eigenvalue weighted by molar-refractivity contribution is 0.281. The molecule has 0 aromatic heterocycles. The van der Waals surface area contributed by atoms with Crippen molar-refractivity contribution in [3.63, 3.8) is 0 Å². The van der Waals surface area contributed by atoms with Crippen LogP contribution in [0, 0.1) is 0 Å². The Morgan fingerprint density at radius 3 is 1.92 bits per heavy atom. The van der Waals surface area contributed by atoms with E-state index in [1.54, 1.807) is 0 Å². The molecule has 4 nitrogen and oxygen atoms in total. The first-order valence-corrected chi connectivity index (χ1v) is 7.81. The number of thiol groups is 1. The Morgan fingerprint density at radius 2 is 1.75 bits per heavy atom. The Bertz CT molecular complexity index is 144. The van der Waals surface area contributed by atoms with Gasteiger partial charge < -0.3 is 9.05 Å². The first-order chi connectivity index (χ1) is 5.54. The van der Waals surface area contributed by atoms with Gasteiger partial charge in [-0.15, -0.1) is 0 Å². The van der Waals surface area contributed by atoms with Crippen LogP contribution in [-0.4, -0.2) is 18.1 Å². The Hall–Kier alpha value is 0.980. The summed E-state index contributed by atoms with van der Waals surface area (Å²) in [5.41, 5.74) is -2.16. The van der Waals surface area contributed by atoms with Crippen LogP contribution in [0.5, 0.6) is 0 Å². The van der Waals surface area contributed by atoms with Crippen LogP contribution < -0.4 is 0 Å². The molecule has 0 aromatic carbocycles. The molecule has 0 amide bonds. The smallest absolute Gasteiger partial charge is 0.322 e. The largest absolute Gasteiger partial charge is 0.491 e. The predicted molar refractivity (Wildman–Crippen MR) is 57.7 cm³/mol. The topological polar surface area (TPSA) is 55.8 Å². The molecule has 0 radical (unpaired) electrons. The lowest BCUT2D eigenvalue weighted by Crippen LogP contribution is -1.88. The summed E-state index contributed by atoms with van der Waals surface area (Å²) in [6.45, 7) is 4.88. The van der Waals surface area contributed by atoms with Crippen LogP contribution in [0.4, 0.5) is 0 Å². The number of hydrogen-bond donors (Lipinski definition) is 2. The molecule has 0 saturated heterocycles. The van der Waals surface area contributed by atoms with Gasteiger partial charge in [0.2, 0.25) is 5.69 Å². The second kappa shape index (κ2) is 10.1. The highest BCUT2D eigenvalue weighted by atomic mass is 32.9. The molecular formula is C4H13O4P2S2+. The highest BCUT2D eigenvalue weighted by Gasteiger charge is 2.08. The molecule has 0 rings (SSSR count). The van der Waals surface area contributed by atoms with Gasteiger partial charge in [-0.05, 0) is 30.2 Å². The maximum Gasteiger partial charge on any atom is 0.491 e. The van der Waals surface area contributed by atoms with Gasteiger partial charge in [0.05, 0.1) is 13.2 Å². The van der Waals surface area contributed by atoms with Crippen LogP contribution in [0.25, 0.3) is 0 Å². The summed E-state index contributed by atoms with van der Waals surface area (Å²) < 4.78 is 18.6. The molecule has 0 saturated carbocycles. The molecule has 0 spiro atoms. The van der Waals surface area contributed by atoms with Gasteiger partial charge >= 0.3 is 8.69 Å². The highest BCUT2D eigenvalue weighted by molar-refractivity contribution is 8.60. The fraction of sp³-hybridized carbons (Fsp3) is 1.00. The maximum atomic E-state index is 8.51. The van der Waals surface area contributed by atoms with Crippen molar-refractivity contribution in [1.29, 1.82) is 0 Å². The summed E-state index contributed by atoms with van der Waals surface area (Å²) in [5, 5.41) is 0. The predicted octanol–water partition coefficient (Wildman–Crippen LogP) is 2.13. The zero-order valence-corrected chi connectivity index (χ0v) is 10.5. The molecule has 0 heterocycles. The highest BCUT2D eigenvalue weighted by Crippen LogP contribution is 2.52. The van der Waals surface area contributed by atoms with E-state index in [0.717, 1.165) is 0 Å². The van der Waals surface area contributed by atoms with Crippen LogP contribution in [-0.2, 0) is 25.4 Å². The summed E-state index contributed by atoms with van der Waals surface area (Å²) in [5.74, 6) is 0. The van der Waals surface area contributed by atoms with Crippen molar-refractivity contribution in [2.24, 2.45) is 0 Å². The fourth-order valence-corrected chi connectivity index (χ4v) is 2.42. The van der Waals surface area contributed by atoms with E-state index in [-0.39, 0.29) is 0 Å². The van der Waals surface area contributed by atoms with Crippen LogP contribution in [0.3, 0.4) is 0 Å². The van der Waals surface area contributed by atoms with E-state index in [2.05, 4.69) is 12.2 Å². The molecule has 74 valence electrons. The second-order valence-corrected chi connectivity index (χ2v) is 6.87. The van der Waals surface area contributed by atoms with E-state index < -0.39 is 14.4 Å². The van der Waals surface area contributed by atoms with Crippen molar-refractivity contribution in [3.05, 3.63) is 0 Å². The van der Waals surface area contributed by atoms with Crippen molar-refractivity contribution < 1.29 is 18.5 Å². The molecule has 0 bridgehead atoms. The third-order valence-electron chi connectivity index (χ3n) is 0.584. The molecule has 8 heteroatoms. The Kier molecular flexibility index (Phi) is 13.0.